The van der Waals surface area contributed by atoms with E-state index in [0.717, 1.165) is 11.3 Å². The Labute approximate surface area is 149 Å². The number of hydrogen-bond donors (Lipinski definition) is 2. The fourth-order valence-electron chi connectivity index (χ4n) is 2.19. The minimum absolute atomic E-state index is 0.249. The molecule has 1 aromatic heterocycles. The molecule has 0 fully saturated rings. The quantitative estimate of drug-likeness (QED) is 0.706. The summed E-state index contributed by atoms with van der Waals surface area (Å²) in [5.41, 5.74) is 2.00. The number of carbonyl (C=O) groups is 1. The first kappa shape index (κ1) is 16.9. The summed E-state index contributed by atoms with van der Waals surface area (Å²) in [4.78, 5) is 16.4. The number of hydrogen-bond acceptors (Lipinski definition) is 3. The number of anilines is 2. The Bertz CT molecular complexity index is 867. The zero-order valence-corrected chi connectivity index (χ0v) is 13.9. The molecule has 1 amide bonds. The van der Waals surface area contributed by atoms with Gasteiger partial charge in [-0.1, -0.05) is 35.9 Å². The molecule has 0 aliphatic rings. The number of amides is 1. The molecule has 0 unspecified atom stereocenters. The number of carbonyl (C=O) groups excluding carboxylic acids is 1. The Morgan fingerprint density at radius 2 is 1.80 bits per heavy atom. The van der Waals surface area contributed by atoms with Crippen molar-refractivity contribution in [1.82, 2.24) is 10.3 Å². The molecule has 0 atom stereocenters. The van der Waals surface area contributed by atoms with Crippen molar-refractivity contribution in [3.8, 4) is 0 Å². The molecule has 4 nitrogen and oxygen atoms in total. The van der Waals surface area contributed by atoms with Gasteiger partial charge in [-0.05, 0) is 42.0 Å². The molecule has 126 valence electrons. The molecular formula is C19H15ClFN3O. The van der Waals surface area contributed by atoms with Crippen LogP contribution in [-0.2, 0) is 6.54 Å². The van der Waals surface area contributed by atoms with Gasteiger partial charge < -0.3 is 10.6 Å². The average Bonchev–Trinajstić information content (AvgIpc) is 2.63. The lowest BCUT2D eigenvalue weighted by atomic mass is 10.2. The third kappa shape index (κ3) is 4.55. The van der Waals surface area contributed by atoms with E-state index in [0.29, 0.717) is 22.9 Å². The van der Waals surface area contributed by atoms with Gasteiger partial charge in [0.1, 0.15) is 11.6 Å². The van der Waals surface area contributed by atoms with Crippen LogP contribution in [0.15, 0.2) is 66.9 Å². The molecular weight excluding hydrogens is 341 g/mol. The first-order chi connectivity index (χ1) is 12.1. The maximum atomic E-state index is 12.9. The number of pyridine rings is 1. The molecule has 0 aliphatic carbocycles. The summed E-state index contributed by atoms with van der Waals surface area (Å²) < 4.78 is 12.9. The summed E-state index contributed by atoms with van der Waals surface area (Å²) in [6, 6.07) is 16.7. The number of nitrogens with zero attached hydrogens (tertiary/aromatic N) is 1. The topological polar surface area (TPSA) is 54.0 Å². The van der Waals surface area contributed by atoms with E-state index >= 15 is 0 Å². The van der Waals surface area contributed by atoms with E-state index in [4.69, 9.17) is 11.6 Å². The fourth-order valence-corrected chi connectivity index (χ4v) is 2.37. The van der Waals surface area contributed by atoms with Gasteiger partial charge in [-0.15, -0.1) is 0 Å². The van der Waals surface area contributed by atoms with Gasteiger partial charge >= 0.3 is 0 Å². The number of rotatable bonds is 5. The number of aromatic nitrogens is 1. The lowest BCUT2D eigenvalue weighted by Crippen LogP contribution is -2.22. The van der Waals surface area contributed by atoms with E-state index in [1.807, 2.05) is 18.2 Å². The SMILES string of the molecule is O=C(NCc1ccc(F)cc1)c1ccc(Nc2ccccc2Cl)nc1. The van der Waals surface area contributed by atoms with Crippen molar-refractivity contribution >= 4 is 29.0 Å². The van der Waals surface area contributed by atoms with Gasteiger partial charge in [0.2, 0.25) is 0 Å². The smallest absolute Gasteiger partial charge is 0.253 e. The van der Waals surface area contributed by atoms with Crippen molar-refractivity contribution in [2.45, 2.75) is 6.54 Å². The summed E-state index contributed by atoms with van der Waals surface area (Å²) in [5.74, 6) is 0.0326. The van der Waals surface area contributed by atoms with Crippen molar-refractivity contribution < 1.29 is 9.18 Å². The predicted molar refractivity (Wildman–Crippen MR) is 96.5 cm³/mol. The van der Waals surface area contributed by atoms with Crippen LogP contribution in [-0.4, -0.2) is 10.9 Å². The van der Waals surface area contributed by atoms with Crippen LogP contribution in [0.25, 0.3) is 0 Å². The van der Waals surface area contributed by atoms with Crippen LogP contribution in [0.4, 0.5) is 15.9 Å². The number of nitrogens with one attached hydrogen (secondary N) is 2. The zero-order valence-electron chi connectivity index (χ0n) is 13.2. The van der Waals surface area contributed by atoms with Crippen LogP contribution < -0.4 is 10.6 Å². The predicted octanol–water partition coefficient (Wildman–Crippen LogP) is 4.55. The molecule has 0 spiro atoms. The van der Waals surface area contributed by atoms with Crippen LogP contribution >= 0.6 is 11.6 Å². The van der Waals surface area contributed by atoms with Crippen LogP contribution in [0.5, 0.6) is 0 Å². The standard InChI is InChI=1S/C19H15ClFN3O/c20-16-3-1-2-4-17(16)24-18-10-7-14(12-22-18)19(25)23-11-13-5-8-15(21)9-6-13/h1-10,12H,11H2,(H,22,24)(H,23,25). The van der Waals surface area contributed by atoms with Crippen molar-refractivity contribution in [3.05, 3.63) is 88.8 Å². The molecule has 2 N–H and O–H groups in total. The summed E-state index contributed by atoms with van der Waals surface area (Å²) in [6.45, 7) is 0.318. The normalized spacial score (nSPS) is 10.3. The Morgan fingerprint density at radius 3 is 2.48 bits per heavy atom. The van der Waals surface area contributed by atoms with E-state index in [2.05, 4.69) is 15.6 Å². The third-order valence-electron chi connectivity index (χ3n) is 3.53. The highest BCUT2D eigenvalue weighted by Gasteiger charge is 2.07. The van der Waals surface area contributed by atoms with Gasteiger partial charge in [0.05, 0.1) is 16.3 Å². The molecule has 25 heavy (non-hydrogen) atoms. The van der Waals surface area contributed by atoms with E-state index < -0.39 is 0 Å². The second-order valence-electron chi connectivity index (χ2n) is 5.35. The first-order valence-corrected chi connectivity index (χ1v) is 8.00. The van der Waals surface area contributed by atoms with Crippen LogP contribution in [0.2, 0.25) is 5.02 Å². The fraction of sp³-hybridized carbons (Fsp3) is 0.0526. The minimum Gasteiger partial charge on any atom is -0.348 e. The molecule has 6 heteroatoms. The van der Waals surface area contributed by atoms with Gasteiger partial charge in [-0.2, -0.15) is 0 Å². The molecule has 3 aromatic rings. The molecule has 3 rings (SSSR count). The van der Waals surface area contributed by atoms with Gasteiger partial charge in [-0.3, -0.25) is 4.79 Å². The Hall–Kier alpha value is -2.92. The molecule has 2 aromatic carbocycles. The highest BCUT2D eigenvalue weighted by Crippen LogP contribution is 2.23. The molecule has 0 saturated carbocycles. The van der Waals surface area contributed by atoms with Gasteiger partial charge in [-0.25, -0.2) is 9.37 Å². The van der Waals surface area contributed by atoms with Crippen molar-refractivity contribution in [2.24, 2.45) is 0 Å². The molecule has 0 aliphatic heterocycles. The molecule has 0 radical (unpaired) electrons. The number of benzene rings is 2. The maximum absolute atomic E-state index is 12.9. The van der Waals surface area contributed by atoms with E-state index in [1.54, 1.807) is 30.3 Å². The summed E-state index contributed by atoms with van der Waals surface area (Å²) in [5, 5.41) is 6.45. The van der Waals surface area contributed by atoms with E-state index in [1.165, 1.54) is 18.3 Å². The largest absolute Gasteiger partial charge is 0.348 e. The Morgan fingerprint density at radius 1 is 1.04 bits per heavy atom. The monoisotopic (exact) mass is 355 g/mol. The molecule has 1 heterocycles. The lowest BCUT2D eigenvalue weighted by molar-refractivity contribution is 0.0950. The Balaban J connectivity index is 1.60. The van der Waals surface area contributed by atoms with Crippen LogP contribution in [0.3, 0.4) is 0 Å². The lowest BCUT2D eigenvalue weighted by Gasteiger charge is -2.08. The summed E-state index contributed by atoms with van der Waals surface area (Å²) in [7, 11) is 0. The zero-order chi connectivity index (χ0) is 17.6. The maximum Gasteiger partial charge on any atom is 0.253 e. The second kappa shape index (κ2) is 7.77. The summed E-state index contributed by atoms with van der Waals surface area (Å²) in [6.07, 6.45) is 1.49. The second-order valence-corrected chi connectivity index (χ2v) is 5.75. The van der Waals surface area contributed by atoms with Crippen LogP contribution in [0.1, 0.15) is 15.9 Å². The van der Waals surface area contributed by atoms with Crippen LogP contribution in [0, 0.1) is 5.82 Å². The first-order valence-electron chi connectivity index (χ1n) is 7.62. The van der Waals surface area contributed by atoms with Crippen molar-refractivity contribution in [1.29, 1.82) is 0 Å². The minimum atomic E-state index is -0.305. The van der Waals surface area contributed by atoms with Gasteiger partial charge in [0.25, 0.3) is 5.91 Å². The van der Waals surface area contributed by atoms with Crippen molar-refractivity contribution in [3.63, 3.8) is 0 Å². The van der Waals surface area contributed by atoms with E-state index in [-0.39, 0.29) is 11.7 Å². The number of para-hydroxylation sites is 1. The van der Waals surface area contributed by atoms with Crippen molar-refractivity contribution in [2.75, 3.05) is 5.32 Å². The number of halogens is 2. The molecule has 0 saturated heterocycles. The molecule has 0 bridgehead atoms. The van der Waals surface area contributed by atoms with Gasteiger partial charge in [0, 0.05) is 12.7 Å². The highest BCUT2D eigenvalue weighted by atomic mass is 35.5. The van der Waals surface area contributed by atoms with E-state index in [9.17, 15) is 9.18 Å². The Kier molecular flexibility index (Phi) is 5.26. The third-order valence-corrected chi connectivity index (χ3v) is 3.86. The highest BCUT2D eigenvalue weighted by molar-refractivity contribution is 6.33. The average molecular weight is 356 g/mol. The van der Waals surface area contributed by atoms with Gasteiger partial charge in [0.15, 0.2) is 0 Å². The summed E-state index contributed by atoms with van der Waals surface area (Å²) >= 11 is 6.09.